The van der Waals surface area contributed by atoms with Crippen LogP contribution < -0.4 is 0 Å². The van der Waals surface area contributed by atoms with Crippen LogP contribution in [0.5, 0.6) is 0 Å². The minimum absolute atomic E-state index is 0.861. The molecular formula is C11H21. The van der Waals surface area contributed by atoms with E-state index in [2.05, 4.69) is 41.0 Å². The predicted octanol–water partition coefficient (Wildman–Crippen LogP) is 3.38. The van der Waals surface area contributed by atoms with E-state index in [-0.39, 0.29) is 0 Å². The second-order valence-electron chi connectivity index (χ2n) is 4.35. The molecule has 1 saturated carbocycles. The lowest BCUT2D eigenvalue weighted by Gasteiger charge is -2.18. The molecule has 1 rings (SSSR count). The van der Waals surface area contributed by atoms with Crippen LogP contribution in [0, 0.1) is 36.0 Å². The second kappa shape index (κ2) is 3.16. The van der Waals surface area contributed by atoms with Gasteiger partial charge in [0.1, 0.15) is 0 Å². The van der Waals surface area contributed by atoms with Gasteiger partial charge in [0.15, 0.2) is 0 Å². The molecule has 0 heteroatoms. The van der Waals surface area contributed by atoms with Gasteiger partial charge in [-0.05, 0) is 36.0 Å². The van der Waals surface area contributed by atoms with Crippen molar-refractivity contribution in [2.45, 2.75) is 34.6 Å². The molecule has 0 N–H and O–H groups in total. The molecule has 0 aromatic carbocycles. The Balaban J connectivity index is 2.69. The van der Waals surface area contributed by atoms with E-state index in [1.165, 1.54) is 0 Å². The molecule has 11 heavy (non-hydrogen) atoms. The molecule has 4 atom stereocenters. The number of hydrogen-bond acceptors (Lipinski definition) is 0. The van der Waals surface area contributed by atoms with Gasteiger partial charge in [0, 0.05) is 0 Å². The molecule has 0 bridgehead atoms. The van der Waals surface area contributed by atoms with Gasteiger partial charge in [-0.1, -0.05) is 34.6 Å². The molecular weight excluding hydrogens is 132 g/mol. The Bertz CT molecular complexity index is 114. The highest BCUT2D eigenvalue weighted by Gasteiger charge is 2.39. The fraction of sp³-hybridized carbons (Fsp3) is 0.909. The maximum absolute atomic E-state index is 2.40. The summed E-state index contributed by atoms with van der Waals surface area (Å²) in [6.45, 7) is 11.8. The van der Waals surface area contributed by atoms with Crippen molar-refractivity contribution in [2.75, 3.05) is 0 Å². The molecule has 4 unspecified atom stereocenters. The van der Waals surface area contributed by atoms with Gasteiger partial charge in [-0.2, -0.15) is 0 Å². The summed E-state index contributed by atoms with van der Waals surface area (Å²) < 4.78 is 0. The topological polar surface area (TPSA) is 0 Å². The Morgan fingerprint density at radius 1 is 0.727 bits per heavy atom. The Hall–Kier alpha value is 0. The number of hydrogen-bond donors (Lipinski definition) is 0. The molecule has 0 saturated heterocycles. The van der Waals surface area contributed by atoms with Crippen LogP contribution >= 0.6 is 0 Å². The SMILES string of the molecule is C[CH]C1C(C)C(C)C(C)C1C. The molecule has 1 aliphatic carbocycles. The van der Waals surface area contributed by atoms with Crippen molar-refractivity contribution in [1.82, 2.24) is 0 Å². The normalized spacial score (nSPS) is 51.5. The van der Waals surface area contributed by atoms with Gasteiger partial charge >= 0.3 is 0 Å². The van der Waals surface area contributed by atoms with Crippen LogP contribution in [-0.4, -0.2) is 0 Å². The first kappa shape index (κ1) is 9.09. The average Bonchev–Trinajstić information content (AvgIpc) is 2.17. The van der Waals surface area contributed by atoms with Crippen LogP contribution in [0.2, 0.25) is 0 Å². The van der Waals surface area contributed by atoms with Crippen molar-refractivity contribution in [2.24, 2.45) is 29.6 Å². The highest BCUT2D eigenvalue weighted by atomic mass is 14.4. The largest absolute Gasteiger partial charge is 0.0620 e. The summed E-state index contributed by atoms with van der Waals surface area (Å²) in [7, 11) is 0. The highest BCUT2D eigenvalue weighted by molar-refractivity contribution is 4.94. The van der Waals surface area contributed by atoms with Crippen LogP contribution in [0.1, 0.15) is 34.6 Å². The van der Waals surface area contributed by atoms with E-state index in [0.29, 0.717) is 0 Å². The van der Waals surface area contributed by atoms with Gasteiger partial charge in [0.25, 0.3) is 0 Å². The highest BCUT2D eigenvalue weighted by Crippen LogP contribution is 2.46. The molecule has 1 aliphatic rings. The van der Waals surface area contributed by atoms with Crippen LogP contribution in [0.25, 0.3) is 0 Å². The van der Waals surface area contributed by atoms with Crippen LogP contribution in [-0.2, 0) is 0 Å². The zero-order valence-corrected chi connectivity index (χ0v) is 8.46. The summed E-state index contributed by atoms with van der Waals surface area (Å²) in [6.07, 6.45) is 2.40. The zero-order valence-electron chi connectivity index (χ0n) is 8.46. The van der Waals surface area contributed by atoms with Gasteiger partial charge in [0.2, 0.25) is 0 Å². The first-order valence-corrected chi connectivity index (χ1v) is 4.89. The lowest BCUT2D eigenvalue weighted by Crippen LogP contribution is -2.11. The number of rotatable bonds is 1. The van der Waals surface area contributed by atoms with Gasteiger partial charge < -0.3 is 0 Å². The van der Waals surface area contributed by atoms with Gasteiger partial charge in [0.05, 0.1) is 0 Å². The summed E-state index contributed by atoms with van der Waals surface area (Å²) in [5.41, 5.74) is 0. The van der Waals surface area contributed by atoms with Crippen LogP contribution in [0.3, 0.4) is 0 Å². The Labute approximate surface area is 71.4 Å². The summed E-state index contributed by atoms with van der Waals surface area (Å²) in [5, 5.41) is 0. The zero-order chi connectivity index (χ0) is 8.59. The molecule has 0 amide bonds. The maximum Gasteiger partial charge on any atom is -0.0329 e. The molecule has 0 nitrogen and oxygen atoms in total. The van der Waals surface area contributed by atoms with Gasteiger partial charge in [-0.3, -0.25) is 0 Å². The van der Waals surface area contributed by atoms with Gasteiger partial charge in [-0.15, -0.1) is 0 Å². The van der Waals surface area contributed by atoms with Gasteiger partial charge in [-0.25, -0.2) is 0 Å². The van der Waals surface area contributed by atoms with E-state index >= 15 is 0 Å². The lowest BCUT2D eigenvalue weighted by molar-refractivity contribution is 0.352. The maximum atomic E-state index is 2.40. The summed E-state index contributed by atoms with van der Waals surface area (Å²) in [6, 6.07) is 0. The molecule has 0 aliphatic heterocycles. The summed E-state index contributed by atoms with van der Waals surface area (Å²) >= 11 is 0. The Morgan fingerprint density at radius 2 is 1.09 bits per heavy atom. The smallest absolute Gasteiger partial charge is 0.0329 e. The second-order valence-corrected chi connectivity index (χ2v) is 4.35. The van der Waals surface area contributed by atoms with E-state index in [9.17, 15) is 0 Å². The summed E-state index contributed by atoms with van der Waals surface area (Å²) in [5.74, 6) is 4.47. The van der Waals surface area contributed by atoms with Crippen molar-refractivity contribution in [3.05, 3.63) is 6.42 Å². The fourth-order valence-electron chi connectivity index (χ4n) is 2.74. The molecule has 1 radical (unpaired) electrons. The van der Waals surface area contributed by atoms with Crippen molar-refractivity contribution < 1.29 is 0 Å². The van der Waals surface area contributed by atoms with E-state index in [1.54, 1.807) is 0 Å². The first-order valence-electron chi connectivity index (χ1n) is 4.89. The molecule has 0 spiro atoms. The third-order valence-electron chi connectivity index (χ3n) is 4.09. The van der Waals surface area contributed by atoms with Crippen molar-refractivity contribution >= 4 is 0 Å². The third-order valence-corrected chi connectivity index (χ3v) is 4.09. The standard InChI is InChI=1S/C11H21/c1-6-11-9(4)7(2)8(3)10(11)5/h6-11H,1-5H3. The quantitative estimate of drug-likeness (QED) is 0.541. The van der Waals surface area contributed by atoms with E-state index in [0.717, 1.165) is 29.6 Å². The molecule has 0 aromatic heterocycles. The molecule has 65 valence electrons. The molecule has 0 aromatic rings. The van der Waals surface area contributed by atoms with Crippen LogP contribution in [0.4, 0.5) is 0 Å². The average molecular weight is 153 g/mol. The molecule has 0 heterocycles. The monoisotopic (exact) mass is 153 g/mol. The van der Waals surface area contributed by atoms with Crippen molar-refractivity contribution in [3.63, 3.8) is 0 Å². The van der Waals surface area contributed by atoms with Crippen molar-refractivity contribution in [1.29, 1.82) is 0 Å². The lowest BCUT2D eigenvalue weighted by atomic mass is 9.87. The van der Waals surface area contributed by atoms with Crippen molar-refractivity contribution in [3.8, 4) is 0 Å². The third kappa shape index (κ3) is 1.32. The Kier molecular flexibility index (Phi) is 2.61. The van der Waals surface area contributed by atoms with E-state index < -0.39 is 0 Å². The van der Waals surface area contributed by atoms with E-state index in [4.69, 9.17) is 0 Å². The fourth-order valence-corrected chi connectivity index (χ4v) is 2.74. The van der Waals surface area contributed by atoms with Crippen LogP contribution in [0.15, 0.2) is 0 Å². The minimum atomic E-state index is 0.861. The van der Waals surface area contributed by atoms with E-state index in [1.807, 2.05) is 0 Å². The first-order chi connectivity index (χ1) is 5.09. The molecule has 1 fully saturated rings. The predicted molar refractivity (Wildman–Crippen MR) is 50.1 cm³/mol. The minimum Gasteiger partial charge on any atom is -0.0620 e. The Morgan fingerprint density at radius 3 is 1.27 bits per heavy atom. The summed E-state index contributed by atoms with van der Waals surface area (Å²) in [4.78, 5) is 0.